The summed E-state index contributed by atoms with van der Waals surface area (Å²) in [6.07, 6.45) is 3.14. The van der Waals surface area contributed by atoms with Gasteiger partial charge in [0.25, 0.3) is 0 Å². The number of halogens is 1. The van der Waals surface area contributed by atoms with Gasteiger partial charge >= 0.3 is 0 Å². The number of benzene rings is 1. The van der Waals surface area contributed by atoms with Crippen molar-refractivity contribution >= 4 is 22.3 Å². The number of anilines is 2. The first-order valence-electron chi connectivity index (χ1n) is 10.2. The van der Waals surface area contributed by atoms with Crippen molar-refractivity contribution in [1.29, 1.82) is 0 Å². The number of aromatic nitrogens is 2. The van der Waals surface area contributed by atoms with E-state index in [1.807, 2.05) is 19.2 Å². The van der Waals surface area contributed by atoms with Crippen LogP contribution >= 0.6 is 0 Å². The van der Waals surface area contributed by atoms with E-state index < -0.39 is 10.8 Å². The van der Waals surface area contributed by atoms with Crippen LogP contribution in [0.3, 0.4) is 0 Å². The van der Waals surface area contributed by atoms with Crippen molar-refractivity contribution in [3.05, 3.63) is 47.9 Å². The minimum Gasteiger partial charge on any atom is -0.553 e. The SMILES string of the molecule is CNC1COC1.[CH2-]OC1CCC(c2cc(Nc3ccc4c(c3F)CS(=O)C4)n[nH]2)C1.[U]. The Balaban J connectivity index is 0.000000338. The third-order valence-electron chi connectivity index (χ3n) is 5.93. The van der Waals surface area contributed by atoms with Gasteiger partial charge in [0, 0.05) is 77.0 Å². The Labute approximate surface area is 208 Å². The molecule has 1 aromatic carbocycles. The summed E-state index contributed by atoms with van der Waals surface area (Å²) in [4.78, 5) is 0. The van der Waals surface area contributed by atoms with Gasteiger partial charge in [-0.15, -0.1) is 0 Å². The quantitative estimate of drug-likeness (QED) is 0.424. The fourth-order valence-corrected chi connectivity index (χ4v) is 5.31. The molecule has 0 amide bonds. The summed E-state index contributed by atoms with van der Waals surface area (Å²) in [7, 11) is 4.46. The number of hydrogen-bond acceptors (Lipinski definition) is 6. The summed E-state index contributed by atoms with van der Waals surface area (Å²) >= 11 is 0. The van der Waals surface area contributed by atoms with E-state index in [0.717, 1.165) is 43.7 Å². The molecule has 10 heteroatoms. The third-order valence-corrected chi connectivity index (χ3v) is 7.17. The minimum absolute atomic E-state index is 0. The fraction of sp³-hybridized carbons (Fsp3) is 0.524. The fourth-order valence-electron chi connectivity index (χ4n) is 3.96. The van der Waals surface area contributed by atoms with Crippen molar-refractivity contribution in [2.24, 2.45) is 0 Å². The van der Waals surface area contributed by atoms with E-state index in [1.165, 1.54) is 0 Å². The van der Waals surface area contributed by atoms with E-state index in [9.17, 15) is 8.60 Å². The molecule has 3 unspecified atom stereocenters. The maximum Gasteiger partial charge on any atom is 0.152 e. The number of aromatic amines is 1. The second-order valence-corrected chi connectivity index (χ2v) is 9.41. The van der Waals surface area contributed by atoms with Crippen LogP contribution in [0.1, 0.15) is 42.0 Å². The Kier molecular flexibility index (Phi) is 9.14. The van der Waals surface area contributed by atoms with Crippen LogP contribution in [0.25, 0.3) is 0 Å². The van der Waals surface area contributed by atoms with Gasteiger partial charge in [-0.2, -0.15) is 5.10 Å². The van der Waals surface area contributed by atoms with Gasteiger partial charge in [-0.25, -0.2) is 11.5 Å². The molecule has 0 radical (unpaired) electrons. The predicted octanol–water partition coefficient (Wildman–Crippen LogP) is 3.10. The molecule has 31 heavy (non-hydrogen) atoms. The summed E-state index contributed by atoms with van der Waals surface area (Å²) in [5, 5.41) is 13.4. The molecular formula is C21H28FN4O3SU-. The Hall–Kier alpha value is -0.758. The van der Waals surface area contributed by atoms with Crippen molar-refractivity contribution in [2.45, 2.75) is 48.8 Å². The second-order valence-electron chi connectivity index (χ2n) is 7.95. The molecular weight excluding hydrogens is 645 g/mol. The molecule has 3 atom stereocenters. The summed E-state index contributed by atoms with van der Waals surface area (Å²) in [6, 6.07) is 6.09. The van der Waals surface area contributed by atoms with Gasteiger partial charge in [-0.3, -0.25) is 9.31 Å². The molecule has 3 N–H and O–H groups in total. The predicted molar refractivity (Wildman–Crippen MR) is 114 cm³/mol. The Morgan fingerprint density at radius 1 is 1.32 bits per heavy atom. The number of ether oxygens (including phenoxy) is 2. The summed E-state index contributed by atoms with van der Waals surface area (Å²) in [6.45, 7) is 1.80. The van der Waals surface area contributed by atoms with E-state index in [-0.39, 0.29) is 48.8 Å². The summed E-state index contributed by atoms with van der Waals surface area (Å²) < 4.78 is 36.2. The monoisotopic (exact) mass is 673 g/mol. The normalized spacial score (nSPS) is 24.5. The molecule has 1 saturated heterocycles. The van der Waals surface area contributed by atoms with Crippen LogP contribution in [0, 0.1) is 44.0 Å². The topological polar surface area (TPSA) is 88.3 Å². The van der Waals surface area contributed by atoms with Crippen LogP contribution in [0.2, 0.25) is 0 Å². The number of nitrogens with one attached hydrogen (secondary N) is 3. The molecule has 2 fully saturated rings. The van der Waals surface area contributed by atoms with Gasteiger partial charge in [0.15, 0.2) is 11.6 Å². The number of rotatable bonds is 5. The van der Waals surface area contributed by atoms with Crippen LogP contribution in [0.15, 0.2) is 18.2 Å². The van der Waals surface area contributed by atoms with Gasteiger partial charge in [0.05, 0.1) is 30.7 Å². The molecule has 0 spiro atoms. The van der Waals surface area contributed by atoms with E-state index in [1.54, 1.807) is 6.07 Å². The van der Waals surface area contributed by atoms with E-state index in [2.05, 4.69) is 27.9 Å². The molecule has 168 valence electrons. The van der Waals surface area contributed by atoms with Crippen molar-refractivity contribution < 1.29 is 49.2 Å². The van der Waals surface area contributed by atoms with Crippen LogP contribution in [-0.2, 0) is 31.8 Å². The number of hydrogen-bond donors (Lipinski definition) is 3. The van der Waals surface area contributed by atoms with E-state index in [4.69, 9.17) is 9.47 Å². The zero-order valence-electron chi connectivity index (χ0n) is 17.6. The average Bonchev–Trinajstić information content (AvgIpc) is 3.42. The number of fused-ring (bicyclic) bond motifs is 1. The molecule has 0 bridgehead atoms. The Morgan fingerprint density at radius 3 is 2.74 bits per heavy atom. The maximum absolute atomic E-state index is 14.6. The molecule has 2 aromatic rings. The molecule has 5 rings (SSSR count). The van der Waals surface area contributed by atoms with Gasteiger partial charge < -0.3 is 20.1 Å². The van der Waals surface area contributed by atoms with Crippen molar-refractivity contribution in [3.63, 3.8) is 0 Å². The number of nitrogens with zero attached hydrogens (tertiary/aromatic N) is 1. The largest absolute Gasteiger partial charge is 0.553 e. The first kappa shape index (κ1) is 24.9. The van der Waals surface area contributed by atoms with Gasteiger partial charge in [0.2, 0.25) is 0 Å². The Morgan fingerprint density at radius 2 is 2.13 bits per heavy atom. The van der Waals surface area contributed by atoms with Gasteiger partial charge in [-0.1, -0.05) is 6.07 Å². The molecule has 7 nitrogen and oxygen atoms in total. The van der Waals surface area contributed by atoms with Crippen LogP contribution in [0.4, 0.5) is 15.9 Å². The zero-order valence-corrected chi connectivity index (χ0v) is 22.6. The first-order valence-corrected chi connectivity index (χ1v) is 11.7. The molecule has 1 saturated carbocycles. The first-order chi connectivity index (χ1) is 14.6. The van der Waals surface area contributed by atoms with Crippen LogP contribution in [0.5, 0.6) is 0 Å². The summed E-state index contributed by atoms with van der Waals surface area (Å²) in [5.41, 5.74) is 2.79. The average molecular weight is 674 g/mol. The maximum atomic E-state index is 14.6. The standard InChI is InChI=1S/C17H19FN3O2S.C4H9NO.U/c1-23-12-4-2-10(6-12)15-7-16(21-20-15)19-14-5-3-11-8-24(22)9-13(11)17(14)18;1-5-4-2-6-3-4;/h3,5,7,10,12H,1-2,4,6,8-9H2,(H2,19,20,21);4-5H,2-3H2,1H3;/q-1;;. The Bertz CT molecular complexity index is 906. The number of likely N-dealkylation sites (N-methyl/N-ethyl adjacent to an activating group) is 1. The second kappa shape index (κ2) is 11.4. The zero-order chi connectivity index (χ0) is 21.1. The molecule has 1 aromatic heterocycles. The van der Waals surface area contributed by atoms with Crippen LogP contribution in [-0.4, -0.2) is 46.8 Å². The van der Waals surface area contributed by atoms with Crippen molar-refractivity contribution in [3.8, 4) is 0 Å². The van der Waals surface area contributed by atoms with Crippen molar-refractivity contribution in [1.82, 2.24) is 15.5 Å². The third kappa shape index (κ3) is 5.98. The van der Waals surface area contributed by atoms with Crippen LogP contribution < -0.4 is 10.6 Å². The number of H-pyrrole nitrogens is 1. The molecule has 1 aliphatic carbocycles. The minimum atomic E-state index is -0.993. The van der Waals surface area contributed by atoms with Crippen molar-refractivity contribution in [2.75, 3.05) is 25.6 Å². The van der Waals surface area contributed by atoms with E-state index in [0.29, 0.717) is 34.8 Å². The van der Waals surface area contributed by atoms with E-state index >= 15 is 0 Å². The molecule has 3 heterocycles. The van der Waals surface area contributed by atoms with Gasteiger partial charge in [0.1, 0.15) is 0 Å². The van der Waals surface area contributed by atoms with Gasteiger partial charge in [-0.05, 0) is 37.9 Å². The smallest absolute Gasteiger partial charge is 0.152 e. The molecule has 2 aliphatic heterocycles. The molecule has 3 aliphatic rings. The summed E-state index contributed by atoms with van der Waals surface area (Å²) in [5.74, 6) is 1.36.